The van der Waals surface area contributed by atoms with Crippen molar-refractivity contribution in [3.8, 4) is 0 Å². The maximum atomic E-state index is 6.31. The van der Waals surface area contributed by atoms with Gasteiger partial charge in [-0.3, -0.25) is 0 Å². The van der Waals surface area contributed by atoms with Gasteiger partial charge in [0.1, 0.15) is 16.5 Å². The molecule has 4 rings (SSSR count). The van der Waals surface area contributed by atoms with E-state index in [2.05, 4.69) is 16.8 Å². The van der Waals surface area contributed by atoms with Gasteiger partial charge in [0.25, 0.3) is 0 Å². The minimum absolute atomic E-state index is 0.304. The van der Waals surface area contributed by atoms with Crippen LogP contribution in [0.1, 0.15) is 37.6 Å². The van der Waals surface area contributed by atoms with Gasteiger partial charge in [-0.2, -0.15) is 0 Å². The zero-order valence-electron chi connectivity index (χ0n) is 17.3. The molecule has 1 spiro atoms. The van der Waals surface area contributed by atoms with Crippen LogP contribution in [0, 0.1) is 12.3 Å². The zero-order chi connectivity index (χ0) is 21.3. The van der Waals surface area contributed by atoms with E-state index in [0.29, 0.717) is 22.4 Å². The number of piperidine rings is 1. The van der Waals surface area contributed by atoms with E-state index in [0.717, 1.165) is 66.1 Å². The Morgan fingerprint density at radius 3 is 2.77 bits per heavy atom. The fourth-order valence-electron chi connectivity index (χ4n) is 4.25. The van der Waals surface area contributed by atoms with Crippen molar-refractivity contribution < 1.29 is 4.74 Å². The third kappa shape index (κ3) is 4.22. The Morgan fingerprint density at radius 2 is 2.10 bits per heavy atom. The summed E-state index contributed by atoms with van der Waals surface area (Å²) in [6.45, 7) is 6.88. The van der Waals surface area contributed by atoms with E-state index >= 15 is 0 Å². The fraction of sp³-hybridized carbons (Fsp3) is 0.476. The van der Waals surface area contributed by atoms with Crippen LogP contribution in [0.15, 0.2) is 28.4 Å². The van der Waals surface area contributed by atoms with Gasteiger partial charge < -0.3 is 21.1 Å². The summed E-state index contributed by atoms with van der Waals surface area (Å²) < 4.78 is 5.86. The molecule has 4 heterocycles. The summed E-state index contributed by atoms with van der Waals surface area (Å²) in [7, 11) is 0. The summed E-state index contributed by atoms with van der Waals surface area (Å²) >= 11 is 7.74. The molecule has 0 saturated carbocycles. The predicted octanol–water partition coefficient (Wildman–Crippen LogP) is 3.89. The van der Waals surface area contributed by atoms with Gasteiger partial charge in [-0.25, -0.2) is 15.0 Å². The molecule has 0 unspecified atom stereocenters. The van der Waals surface area contributed by atoms with Crippen LogP contribution in [0.3, 0.4) is 0 Å². The van der Waals surface area contributed by atoms with Crippen LogP contribution in [-0.4, -0.2) is 40.8 Å². The lowest BCUT2D eigenvalue weighted by molar-refractivity contribution is 0.0975. The van der Waals surface area contributed by atoms with Gasteiger partial charge in [-0.15, -0.1) is 0 Å². The SMILES string of the molecule is Cc1nc(N2CCC3(CC2)CO[C@@H](C)C3)c(C=CN)nc1Sc1ccnc(N)c1Cl. The lowest BCUT2D eigenvalue weighted by Crippen LogP contribution is -2.41. The number of halogens is 1. The largest absolute Gasteiger partial charge is 0.405 e. The van der Waals surface area contributed by atoms with Gasteiger partial charge in [0, 0.05) is 24.2 Å². The molecule has 4 N–H and O–H groups in total. The van der Waals surface area contributed by atoms with Gasteiger partial charge in [0.05, 0.1) is 23.4 Å². The minimum atomic E-state index is 0.304. The Labute approximate surface area is 186 Å². The number of rotatable bonds is 4. The Balaban J connectivity index is 1.59. The van der Waals surface area contributed by atoms with Gasteiger partial charge in [-0.1, -0.05) is 23.4 Å². The second-order valence-electron chi connectivity index (χ2n) is 8.11. The van der Waals surface area contributed by atoms with Crippen molar-refractivity contribution in [3.05, 3.63) is 34.9 Å². The van der Waals surface area contributed by atoms with Gasteiger partial charge in [0.2, 0.25) is 0 Å². The average Bonchev–Trinajstić information content (AvgIpc) is 3.08. The van der Waals surface area contributed by atoms with Crippen LogP contribution in [-0.2, 0) is 4.74 Å². The topological polar surface area (TPSA) is 103 Å². The Morgan fingerprint density at radius 1 is 1.33 bits per heavy atom. The highest BCUT2D eigenvalue weighted by molar-refractivity contribution is 7.99. The average molecular weight is 447 g/mol. The molecule has 7 nitrogen and oxygen atoms in total. The van der Waals surface area contributed by atoms with E-state index < -0.39 is 0 Å². The smallest absolute Gasteiger partial charge is 0.155 e. The predicted molar refractivity (Wildman–Crippen MR) is 122 cm³/mol. The number of anilines is 2. The fourth-order valence-corrected chi connectivity index (χ4v) is 5.35. The maximum absolute atomic E-state index is 6.31. The minimum Gasteiger partial charge on any atom is -0.405 e. The van der Waals surface area contributed by atoms with Gasteiger partial charge in [-0.05, 0) is 56.9 Å². The zero-order valence-corrected chi connectivity index (χ0v) is 18.8. The molecule has 0 radical (unpaired) electrons. The van der Waals surface area contributed by atoms with Gasteiger partial charge >= 0.3 is 0 Å². The Hall–Kier alpha value is -2.03. The number of aromatic nitrogens is 3. The molecule has 2 aromatic rings. The van der Waals surface area contributed by atoms with Crippen LogP contribution in [0.4, 0.5) is 11.6 Å². The molecule has 0 aromatic carbocycles. The normalized spacial score (nSPS) is 21.0. The molecule has 2 fully saturated rings. The molecule has 0 aliphatic carbocycles. The van der Waals surface area contributed by atoms with Crippen LogP contribution >= 0.6 is 23.4 Å². The van der Waals surface area contributed by atoms with Crippen molar-refractivity contribution in [1.29, 1.82) is 0 Å². The number of ether oxygens (including phenoxy) is 1. The maximum Gasteiger partial charge on any atom is 0.155 e. The summed E-state index contributed by atoms with van der Waals surface area (Å²) in [6, 6.07) is 1.82. The molecule has 30 heavy (non-hydrogen) atoms. The molecule has 0 bridgehead atoms. The van der Waals surface area contributed by atoms with Crippen LogP contribution in [0.2, 0.25) is 5.02 Å². The lowest BCUT2D eigenvalue weighted by Gasteiger charge is -2.39. The molecule has 2 aliphatic rings. The van der Waals surface area contributed by atoms with Crippen molar-refractivity contribution in [2.24, 2.45) is 11.1 Å². The summed E-state index contributed by atoms with van der Waals surface area (Å²) in [5.41, 5.74) is 13.5. The van der Waals surface area contributed by atoms with Crippen LogP contribution in [0.5, 0.6) is 0 Å². The van der Waals surface area contributed by atoms with Crippen molar-refractivity contribution in [1.82, 2.24) is 15.0 Å². The number of hydrogen-bond acceptors (Lipinski definition) is 8. The first kappa shape index (κ1) is 21.2. The molecule has 1 atom stereocenters. The van der Waals surface area contributed by atoms with Crippen molar-refractivity contribution in [2.45, 2.75) is 49.1 Å². The summed E-state index contributed by atoms with van der Waals surface area (Å²) in [6.07, 6.45) is 8.66. The van der Waals surface area contributed by atoms with E-state index in [1.165, 1.54) is 18.0 Å². The molecular weight excluding hydrogens is 420 g/mol. The number of nitrogens with zero attached hydrogens (tertiary/aromatic N) is 4. The monoisotopic (exact) mass is 446 g/mol. The number of hydrogen-bond donors (Lipinski definition) is 2. The Bertz CT molecular complexity index is 961. The number of pyridine rings is 1. The second kappa shape index (κ2) is 8.61. The summed E-state index contributed by atoms with van der Waals surface area (Å²) in [5, 5.41) is 1.20. The summed E-state index contributed by atoms with van der Waals surface area (Å²) in [4.78, 5) is 16.9. The van der Waals surface area contributed by atoms with Crippen molar-refractivity contribution in [2.75, 3.05) is 30.3 Å². The van der Waals surface area contributed by atoms with Crippen molar-refractivity contribution >= 4 is 41.1 Å². The quantitative estimate of drug-likeness (QED) is 0.728. The highest BCUT2D eigenvalue weighted by atomic mass is 35.5. The first-order valence-corrected chi connectivity index (χ1v) is 11.3. The number of aryl methyl sites for hydroxylation is 1. The van der Waals surface area contributed by atoms with E-state index in [9.17, 15) is 0 Å². The van der Waals surface area contributed by atoms with Gasteiger partial charge in [0.15, 0.2) is 5.82 Å². The second-order valence-corrected chi connectivity index (χ2v) is 9.51. The molecule has 160 valence electrons. The summed E-state index contributed by atoms with van der Waals surface area (Å²) in [5.74, 6) is 1.18. The number of nitrogen functional groups attached to an aromatic ring is 1. The van der Waals surface area contributed by atoms with Crippen LogP contribution in [0.25, 0.3) is 6.08 Å². The first-order chi connectivity index (χ1) is 14.4. The third-order valence-corrected chi connectivity index (χ3v) is 7.54. The molecule has 2 saturated heterocycles. The number of nitrogens with two attached hydrogens (primary N) is 2. The van der Waals surface area contributed by atoms with E-state index in [-0.39, 0.29) is 0 Å². The molecule has 2 aliphatic heterocycles. The molecule has 0 amide bonds. The molecule has 2 aromatic heterocycles. The van der Waals surface area contributed by atoms with E-state index in [4.69, 9.17) is 37.8 Å². The van der Waals surface area contributed by atoms with Crippen molar-refractivity contribution in [3.63, 3.8) is 0 Å². The Kier molecular flexibility index (Phi) is 6.09. The highest BCUT2D eigenvalue weighted by Crippen LogP contribution is 2.43. The lowest BCUT2D eigenvalue weighted by atomic mass is 9.77. The van der Waals surface area contributed by atoms with Crippen LogP contribution < -0.4 is 16.4 Å². The first-order valence-electron chi connectivity index (χ1n) is 10.1. The van der Waals surface area contributed by atoms with E-state index in [1.54, 1.807) is 12.3 Å². The third-order valence-electron chi connectivity index (χ3n) is 5.89. The highest BCUT2D eigenvalue weighted by Gasteiger charge is 2.41. The molecule has 9 heteroatoms. The van der Waals surface area contributed by atoms with E-state index in [1.807, 2.05) is 13.0 Å². The molecular formula is C21H27ClN6OS. The standard InChI is InChI=1S/C21H27ClN6OS/c1-13-11-21(12-29-13)5-9-28(10-6-21)19-15(3-7-23)27-20(14(2)26-19)30-16-4-8-25-18(24)17(16)22/h3-4,7-8,13H,5-6,9-12,23H2,1-2H3,(H2,24,25)/t13-/m0/s1.